The first-order chi connectivity index (χ1) is 17.2. The van der Waals surface area contributed by atoms with E-state index in [-0.39, 0.29) is 35.7 Å². The number of benzene rings is 2. The van der Waals surface area contributed by atoms with Gasteiger partial charge >= 0.3 is 5.69 Å². The molecule has 36 heavy (non-hydrogen) atoms. The van der Waals surface area contributed by atoms with Gasteiger partial charge in [0.25, 0.3) is 5.91 Å². The summed E-state index contributed by atoms with van der Waals surface area (Å²) in [4.78, 5) is 38.6. The van der Waals surface area contributed by atoms with Crippen molar-refractivity contribution in [1.29, 1.82) is 0 Å². The minimum absolute atomic E-state index is 0.00651. The SMILES string of the molecule is CC[C@H](C(=O)NC1CCCC1)N(Cc1c(Cl)cccc1Cl)C(=O)COc1ccc([N+](=O)[O-])c(OC)c1. The zero-order valence-corrected chi connectivity index (χ0v) is 21.7. The van der Waals surface area contributed by atoms with Crippen molar-refractivity contribution in [2.45, 2.75) is 57.7 Å². The zero-order chi connectivity index (χ0) is 26.2. The van der Waals surface area contributed by atoms with E-state index in [0.717, 1.165) is 25.7 Å². The van der Waals surface area contributed by atoms with Gasteiger partial charge in [-0.15, -0.1) is 0 Å². The second kappa shape index (κ2) is 12.8. The van der Waals surface area contributed by atoms with Gasteiger partial charge in [0.2, 0.25) is 11.7 Å². The van der Waals surface area contributed by atoms with Crippen LogP contribution in [0.15, 0.2) is 36.4 Å². The van der Waals surface area contributed by atoms with Gasteiger partial charge in [0.1, 0.15) is 11.8 Å². The topological polar surface area (TPSA) is 111 Å². The number of nitrogens with zero attached hydrogens (tertiary/aromatic N) is 2. The third-order valence-electron chi connectivity index (χ3n) is 6.19. The second-order valence-corrected chi connectivity index (χ2v) is 9.33. The maximum Gasteiger partial charge on any atom is 0.311 e. The van der Waals surface area contributed by atoms with E-state index in [1.165, 1.54) is 30.2 Å². The summed E-state index contributed by atoms with van der Waals surface area (Å²) in [5, 5.41) is 15.0. The highest BCUT2D eigenvalue weighted by molar-refractivity contribution is 6.36. The molecule has 1 atom stereocenters. The molecule has 194 valence electrons. The van der Waals surface area contributed by atoms with Crippen LogP contribution < -0.4 is 14.8 Å². The first-order valence-electron chi connectivity index (χ1n) is 11.7. The predicted molar refractivity (Wildman–Crippen MR) is 137 cm³/mol. The fourth-order valence-corrected chi connectivity index (χ4v) is 4.78. The molecule has 9 nitrogen and oxygen atoms in total. The molecule has 0 saturated heterocycles. The molecule has 1 aliphatic carbocycles. The van der Waals surface area contributed by atoms with Crippen LogP contribution in [0.5, 0.6) is 11.5 Å². The van der Waals surface area contributed by atoms with Gasteiger partial charge in [0, 0.05) is 40.3 Å². The second-order valence-electron chi connectivity index (χ2n) is 8.52. The largest absolute Gasteiger partial charge is 0.490 e. The Bertz CT molecular complexity index is 1090. The summed E-state index contributed by atoms with van der Waals surface area (Å²) in [6.07, 6.45) is 4.32. The van der Waals surface area contributed by atoms with Crippen LogP contribution in [0.25, 0.3) is 0 Å². The van der Waals surface area contributed by atoms with E-state index in [9.17, 15) is 19.7 Å². The summed E-state index contributed by atoms with van der Waals surface area (Å²) >= 11 is 12.7. The van der Waals surface area contributed by atoms with E-state index in [2.05, 4.69) is 5.32 Å². The molecular formula is C25H29Cl2N3O6. The van der Waals surface area contributed by atoms with E-state index in [1.807, 2.05) is 6.92 Å². The highest BCUT2D eigenvalue weighted by atomic mass is 35.5. The summed E-state index contributed by atoms with van der Waals surface area (Å²) in [5.74, 6) is -0.480. The van der Waals surface area contributed by atoms with E-state index in [4.69, 9.17) is 32.7 Å². The van der Waals surface area contributed by atoms with Crippen molar-refractivity contribution in [2.75, 3.05) is 13.7 Å². The van der Waals surface area contributed by atoms with Crippen molar-refractivity contribution in [3.63, 3.8) is 0 Å². The van der Waals surface area contributed by atoms with Gasteiger partial charge in [-0.05, 0) is 37.5 Å². The minimum atomic E-state index is -0.763. The number of nitro benzene ring substituents is 1. The van der Waals surface area contributed by atoms with Gasteiger partial charge in [-0.1, -0.05) is 49.0 Å². The smallest absolute Gasteiger partial charge is 0.311 e. The zero-order valence-electron chi connectivity index (χ0n) is 20.2. The van der Waals surface area contributed by atoms with Crippen LogP contribution in [0.4, 0.5) is 5.69 Å². The summed E-state index contributed by atoms with van der Waals surface area (Å²) in [7, 11) is 1.31. The number of amides is 2. The summed E-state index contributed by atoms with van der Waals surface area (Å²) in [6.45, 7) is 1.44. The third kappa shape index (κ3) is 6.79. The molecule has 0 radical (unpaired) electrons. The first kappa shape index (κ1) is 27.5. The molecule has 0 aromatic heterocycles. The number of carbonyl (C=O) groups excluding carboxylic acids is 2. The van der Waals surface area contributed by atoms with Crippen molar-refractivity contribution in [3.05, 3.63) is 62.1 Å². The van der Waals surface area contributed by atoms with Crippen molar-refractivity contribution >= 4 is 40.7 Å². The number of methoxy groups -OCH3 is 1. The van der Waals surface area contributed by atoms with Crippen LogP contribution in [0.2, 0.25) is 10.0 Å². The van der Waals surface area contributed by atoms with E-state index in [1.54, 1.807) is 18.2 Å². The molecule has 2 aromatic rings. The van der Waals surface area contributed by atoms with Crippen molar-refractivity contribution in [1.82, 2.24) is 10.2 Å². The molecular weight excluding hydrogens is 509 g/mol. The van der Waals surface area contributed by atoms with Gasteiger partial charge < -0.3 is 19.7 Å². The van der Waals surface area contributed by atoms with Crippen molar-refractivity contribution in [3.8, 4) is 11.5 Å². The summed E-state index contributed by atoms with van der Waals surface area (Å²) in [6, 6.07) is 8.34. The molecule has 11 heteroatoms. The molecule has 1 aliphatic rings. The highest BCUT2D eigenvalue weighted by Crippen LogP contribution is 2.31. The number of hydrogen-bond donors (Lipinski definition) is 1. The predicted octanol–water partition coefficient (Wildman–Crippen LogP) is 5.16. The quantitative estimate of drug-likeness (QED) is 0.313. The van der Waals surface area contributed by atoms with Gasteiger partial charge in [0.05, 0.1) is 12.0 Å². The fraction of sp³-hybridized carbons (Fsp3) is 0.440. The molecule has 0 heterocycles. The van der Waals surface area contributed by atoms with Gasteiger partial charge in [-0.25, -0.2) is 0 Å². The molecule has 2 amide bonds. The Balaban J connectivity index is 1.83. The Hall–Kier alpha value is -3.04. The van der Waals surface area contributed by atoms with Crippen molar-refractivity contribution < 1.29 is 24.0 Å². The average Bonchev–Trinajstić information content (AvgIpc) is 3.36. The molecule has 1 saturated carbocycles. The van der Waals surface area contributed by atoms with E-state index >= 15 is 0 Å². The Morgan fingerprint density at radius 3 is 2.44 bits per heavy atom. The number of hydrogen-bond acceptors (Lipinski definition) is 6. The highest BCUT2D eigenvalue weighted by Gasteiger charge is 2.32. The lowest BCUT2D eigenvalue weighted by atomic mass is 10.1. The Morgan fingerprint density at radius 2 is 1.86 bits per heavy atom. The lowest BCUT2D eigenvalue weighted by Gasteiger charge is -2.32. The molecule has 0 aliphatic heterocycles. The number of nitrogens with one attached hydrogen (secondary N) is 1. The molecule has 0 unspecified atom stereocenters. The van der Waals surface area contributed by atoms with E-state index in [0.29, 0.717) is 22.0 Å². The van der Waals surface area contributed by atoms with Crippen LogP contribution in [0, 0.1) is 10.1 Å². The van der Waals surface area contributed by atoms with Crippen LogP contribution in [-0.2, 0) is 16.1 Å². The van der Waals surface area contributed by atoms with Crippen LogP contribution in [-0.4, -0.2) is 47.4 Å². The van der Waals surface area contributed by atoms with Gasteiger partial charge in [0.15, 0.2) is 6.61 Å². The van der Waals surface area contributed by atoms with Gasteiger partial charge in [-0.3, -0.25) is 19.7 Å². The molecule has 2 aromatic carbocycles. The van der Waals surface area contributed by atoms with Crippen LogP contribution >= 0.6 is 23.2 Å². The van der Waals surface area contributed by atoms with Gasteiger partial charge in [-0.2, -0.15) is 0 Å². The molecule has 0 spiro atoms. The summed E-state index contributed by atoms with van der Waals surface area (Å²) < 4.78 is 10.7. The fourth-order valence-electron chi connectivity index (χ4n) is 4.27. The first-order valence-corrected chi connectivity index (χ1v) is 12.5. The average molecular weight is 538 g/mol. The maximum atomic E-state index is 13.4. The van der Waals surface area contributed by atoms with Crippen molar-refractivity contribution in [2.24, 2.45) is 0 Å². The lowest BCUT2D eigenvalue weighted by molar-refractivity contribution is -0.385. The minimum Gasteiger partial charge on any atom is -0.490 e. The van der Waals surface area contributed by atoms with Crippen LogP contribution in [0.3, 0.4) is 0 Å². The maximum absolute atomic E-state index is 13.4. The van der Waals surface area contributed by atoms with Crippen LogP contribution in [0.1, 0.15) is 44.6 Å². The molecule has 1 fully saturated rings. The molecule has 1 N–H and O–H groups in total. The Labute approximate surface area is 219 Å². The van der Waals surface area contributed by atoms with E-state index < -0.39 is 23.5 Å². The number of ether oxygens (including phenoxy) is 2. The number of carbonyl (C=O) groups is 2. The number of nitro groups is 1. The normalized spacial score (nSPS) is 14.2. The Morgan fingerprint density at radius 1 is 1.19 bits per heavy atom. The standard InChI is InChI=1S/C25H29Cl2N3O6/c1-3-21(25(32)28-16-7-4-5-8-16)29(14-18-19(26)9-6-10-20(18)27)24(31)15-36-17-11-12-22(30(33)34)23(13-17)35-2/h6,9-13,16,21H,3-5,7-8,14-15H2,1-2H3,(H,28,32)/t21-/m1/s1. The summed E-state index contributed by atoms with van der Waals surface area (Å²) in [5.41, 5.74) is 0.305. The lowest BCUT2D eigenvalue weighted by Crippen LogP contribution is -2.52. The monoisotopic (exact) mass is 537 g/mol. The Kier molecular flexibility index (Phi) is 9.78. The molecule has 0 bridgehead atoms. The number of halogens is 2. The molecule has 3 rings (SSSR count). The third-order valence-corrected chi connectivity index (χ3v) is 6.90. The number of rotatable bonds is 11.